The van der Waals surface area contributed by atoms with Crippen LogP contribution in [0.25, 0.3) is 0 Å². The standard InChI is InChI=1S/C15H20N6O2/c1-9-7-17-21(8-9)11(3)10(2)18-13-12(6-16)14(22)20(5)15(23)19(13)4/h7-8,10-11,18H,1-5H3/t10-,11-/m0/s1. The molecule has 0 bridgehead atoms. The molecule has 0 fully saturated rings. The molecule has 0 aliphatic carbocycles. The van der Waals surface area contributed by atoms with Crippen LogP contribution in [0, 0.1) is 18.3 Å². The van der Waals surface area contributed by atoms with E-state index in [0.29, 0.717) is 0 Å². The molecule has 2 aromatic heterocycles. The van der Waals surface area contributed by atoms with E-state index in [2.05, 4.69) is 10.4 Å². The van der Waals surface area contributed by atoms with E-state index in [9.17, 15) is 14.9 Å². The van der Waals surface area contributed by atoms with Gasteiger partial charge in [0.1, 0.15) is 11.9 Å². The Hall–Kier alpha value is -2.82. The Morgan fingerprint density at radius 1 is 1.26 bits per heavy atom. The molecule has 8 nitrogen and oxygen atoms in total. The summed E-state index contributed by atoms with van der Waals surface area (Å²) in [6.45, 7) is 5.83. The van der Waals surface area contributed by atoms with Crippen molar-refractivity contribution >= 4 is 5.82 Å². The maximum Gasteiger partial charge on any atom is 0.332 e. The summed E-state index contributed by atoms with van der Waals surface area (Å²) < 4.78 is 4.00. The van der Waals surface area contributed by atoms with Crippen LogP contribution in [0.2, 0.25) is 0 Å². The van der Waals surface area contributed by atoms with Gasteiger partial charge in [-0.1, -0.05) is 0 Å². The number of anilines is 1. The molecule has 0 aliphatic heterocycles. The van der Waals surface area contributed by atoms with Crippen molar-refractivity contribution in [2.24, 2.45) is 14.1 Å². The molecule has 8 heteroatoms. The van der Waals surface area contributed by atoms with Crippen molar-refractivity contribution in [1.29, 1.82) is 5.26 Å². The number of rotatable bonds is 4. The van der Waals surface area contributed by atoms with Crippen LogP contribution in [-0.2, 0) is 14.1 Å². The Morgan fingerprint density at radius 3 is 2.43 bits per heavy atom. The lowest BCUT2D eigenvalue weighted by Crippen LogP contribution is -2.41. The summed E-state index contributed by atoms with van der Waals surface area (Å²) in [7, 11) is 2.88. The highest BCUT2D eigenvalue weighted by atomic mass is 16.2. The minimum atomic E-state index is -0.604. The highest BCUT2D eigenvalue weighted by Crippen LogP contribution is 2.17. The molecule has 2 atom stereocenters. The van der Waals surface area contributed by atoms with Gasteiger partial charge in [-0.25, -0.2) is 4.79 Å². The fourth-order valence-corrected chi connectivity index (χ4v) is 2.34. The lowest BCUT2D eigenvalue weighted by Gasteiger charge is -2.24. The zero-order valence-corrected chi connectivity index (χ0v) is 13.9. The second-order valence-electron chi connectivity index (χ2n) is 5.71. The second kappa shape index (κ2) is 6.12. The highest BCUT2D eigenvalue weighted by Gasteiger charge is 2.20. The molecule has 2 heterocycles. The Labute approximate surface area is 133 Å². The van der Waals surface area contributed by atoms with Crippen molar-refractivity contribution in [3.8, 4) is 6.07 Å². The number of nitriles is 1. The molecule has 0 aromatic carbocycles. The van der Waals surface area contributed by atoms with Gasteiger partial charge in [0.15, 0.2) is 5.56 Å². The molecule has 2 aromatic rings. The molecule has 0 saturated heterocycles. The van der Waals surface area contributed by atoms with Crippen LogP contribution in [0.15, 0.2) is 22.0 Å². The molecule has 0 aliphatic rings. The maximum atomic E-state index is 12.1. The van der Waals surface area contributed by atoms with Gasteiger partial charge in [-0.15, -0.1) is 0 Å². The third-order valence-corrected chi connectivity index (χ3v) is 4.01. The summed E-state index contributed by atoms with van der Waals surface area (Å²) >= 11 is 0. The Kier molecular flexibility index (Phi) is 4.40. The van der Waals surface area contributed by atoms with E-state index in [-0.39, 0.29) is 23.5 Å². The average molecular weight is 316 g/mol. The van der Waals surface area contributed by atoms with Crippen LogP contribution in [0.4, 0.5) is 5.82 Å². The van der Waals surface area contributed by atoms with Crippen LogP contribution in [-0.4, -0.2) is 25.0 Å². The molecule has 0 unspecified atom stereocenters. The van der Waals surface area contributed by atoms with Crippen molar-refractivity contribution in [3.63, 3.8) is 0 Å². The van der Waals surface area contributed by atoms with E-state index in [1.165, 1.54) is 18.7 Å². The van der Waals surface area contributed by atoms with Gasteiger partial charge in [-0.3, -0.25) is 18.6 Å². The predicted molar refractivity (Wildman–Crippen MR) is 86.4 cm³/mol. The van der Waals surface area contributed by atoms with Crippen LogP contribution in [0.5, 0.6) is 0 Å². The van der Waals surface area contributed by atoms with Gasteiger partial charge in [0.05, 0.1) is 12.2 Å². The zero-order chi connectivity index (χ0) is 17.3. The van der Waals surface area contributed by atoms with Crippen molar-refractivity contribution in [3.05, 3.63) is 44.4 Å². The second-order valence-corrected chi connectivity index (χ2v) is 5.71. The summed E-state index contributed by atoms with van der Waals surface area (Å²) in [5.41, 5.74) is -0.118. The number of nitrogens with one attached hydrogen (secondary N) is 1. The van der Waals surface area contributed by atoms with E-state index in [1.54, 1.807) is 10.9 Å². The first-order valence-corrected chi connectivity index (χ1v) is 7.25. The van der Waals surface area contributed by atoms with Gasteiger partial charge in [0.2, 0.25) is 0 Å². The van der Waals surface area contributed by atoms with Gasteiger partial charge in [0, 0.05) is 26.3 Å². The zero-order valence-electron chi connectivity index (χ0n) is 13.9. The summed E-state index contributed by atoms with van der Waals surface area (Å²) in [5, 5.41) is 16.7. The number of aromatic nitrogens is 4. The van der Waals surface area contributed by atoms with Gasteiger partial charge in [-0.2, -0.15) is 10.4 Å². The molecule has 0 amide bonds. The minimum absolute atomic E-state index is 0.0330. The molecule has 0 radical (unpaired) electrons. The SMILES string of the molecule is Cc1cnn([C@@H](C)[C@H](C)Nc2c(C#N)c(=O)n(C)c(=O)n2C)c1. The van der Waals surface area contributed by atoms with E-state index >= 15 is 0 Å². The first-order valence-electron chi connectivity index (χ1n) is 7.25. The van der Waals surface area contributed by atoms with Crippen molar-refractivity contribution in [2.75, 3.05) is 5.32 Å². The van der Waals surface area contributed by atoms with Crippen molar-refractivity contribution in [1.82, 2.24) is 18.9 Å². The van der Waals surface area contributed by atoms with Gasteiger partial charge in [0.25, 0.3) is 5.56 Å². The molecule has 2 rings (SSSR count). The first kappa shape index (κ1) is 16.5. The fourth-order valence-electron chi connectivity index (χ4n) is 2.34. The van der Waals surface area contributed by atoms with Gasteiger partial charge >= 0.3 is 5.69 Å². The topological polar surface area (TPSA) is 97.6 Å². The molecule has 122 valence electrons. The van der Waals surface area contributed by atoms with Crippen LogP contribution < -0.4 is 16.6 Å². The van der Waals surface area contributed by atoms with Crippen LogP contribution in [0.3, 0.4) is 0 Å². The quantitative estimate of drug-likeness (QED) is 0.887. The van der Waals surface area contributed by atoms with Crippen LogP contribution >= 0.6 is 0 Å². The van der Waals surface area contributed by atoms with Crippen molar-refractivity contribution < 1.29 is 0 Å². The van der Waals surface area contributed by atoms with Crippen LogP contribution in [0.1, 0.15) is 31.0 Å². The van der Waals surface area contributed by atoms with E-state index < -0.39 is 11.2 Å². The van der Waals surface area contributed by atoms with Gasteiger partial charge < -0.3 is 5.32 Å². The molecule has 0 spiro atoms. The highest BCUT2D eigenvalue weighted by molar-refractivity contribution is 5.51. The van der Waals surface area contributed by atoms with E-state index in [1.807, 2.05) is 33.0 Å². The number of nitrogens with zero attached hydrogens (tertiary/aromatic N) is 5. The summed E-state index contributed by atoms with van der Waals surface area (Å²) in [5.74, 6) is 0.226. The van der Waals surface area contributed by atoms with Crippen molar-refractivity contribution in [2.45, 2.75) is 32.9 Å². The Morgan fingerprint density at radius 2 is 1.91 bits per heavy atom. The number of hydrogen-bond donors (Lipinski definition) is 1. The Balaban J connectivity index is 2.42. The summed E-state index contributed by atoms with van der Waals surface area (Å²) in [4.78, 5) is 24.1. The summed E-state index contributed by atoms with van der Waals surface area (Å²) in [6.07, 6.45) is 3.68. The number of hydrogen-bond acceptors (Lipinski definition) is 5. The lowest BCUT2D eigenvalue weighted by molar-refractivity contribution is 0.441. The fraction of sp³-hybridized carbons (Fsp3) is 0.467. The molecular formula is C15H20N6O2. The largest absolute Gasteiger partial charge is 0.365 e. The Bertz CT molecular complexity index is 883. The molecular weight excluding hydrogens is 296 g/mol. The smallest absolute Gasteiger partial charge is 0.332 e. The third kappa shape index (κ3) is 2.90. The minimum Gasteiger partial charge on any atom is -0.365 e. The average Bonchev–Trinajstić information content (AvgIpc) is 2.96. The van der Waals surface area contributed by atoms with Gasteiger partial charge in [-0.05, 0) is 26.3 Å². The maximum absolute atomic E-state index is 12.1. The van der Waals surface area contributed by atoms with E-state index in [4.69, 9.17) is 0 Å². The lowest BCUT2D eigenvalue weighted by atomic mass is 10.1. The summed E-state index contributed by atoms with van der Waals surface area (Å²) in [6, 6.07) is 1.70. The third-order valence-electron chi connectivity index (χ3n) is 4.01. The number of aryl methyl sites for hydroxylation is 1. The molecule has 23 heavy (non-hydrogen) atoms. The molecule has 1 N–H and O–H groups in total. The predicted octanol–water partition coefficient (Wildman–Crippen LogP) is 0.522. The first-order chi connectivity index (χ1) is 10.8. The monoisotopic (exact) mass is 316 g/mol. The normalized spacial score (nSPS) is 13.4. The molecule has 0 saturated carbocycles. The van der Waals surface area contributed by atoms with E-state index in [0.717, 1.165) is 10.1 Å².